The molecule has 0 unspecified atom stereocenters. The Morgan fingerprint density at radius 1 is 1.10 bits per heavy atom. The molecule has 7 heteroatoms. The molecule has 0 saturated carbocycles. The third-order valence-corrected chi connectivity index (χ3v) is 6.82. The Balaban J connectivity index is 2.04. The van der Waals surface area contributed by atoms with Gasteiger partial charge in [0.05, 0.1) is 0 Å². The monoisotopic (exact) mass is 304 g/mol. The van der Waals surface area contributed by atoms with Gasteiger partial charge in [-0.3, -0.25) is 4.90 Å². The van der Waals surface area contributed by atoms with E-state index in [1.54, 1.807) is 8.61 Å². The Labute approximate surface area is 123 Å². The Morgan fingerprint density at radius 2 is 1.70 bits per heavy atom. The summed E-state index contributed by atoms with van der Waals surface area (Å²) in [6.45, 7) is 7.99. The average Bonchev–Trinajstić information content (AvgIpc) is 2.41. The maximum absolute atomic E-state index is 12.7. The molecule has 0 bridgehead atoms. The van der Waals surface area contributed by atoms with Crippen LogP contribution in [0.25, 0.3) is 0 Å². The standard InChI is InChI=1S/C13H28N4O2S/c1-13(2)11-17(9-8-15(13)3)20(18,19)16-6-4-12(10-14)5-7-16/h12H,4-11,14H2,1-3H3. The lowest BCUT2D eigenvalue weighted by atomic mass is 9.99. The van der Waals surface area contributed by atoms with E-state index in [1.807, 2.05) is 0 Å². The van der Waals surface area contributed by atoms with Crippen molar-refractivity contribution in [3.8, 4) is 0 Å². The molecule has 0 amide bonds. The molecule has 2 aliphatic heterocycles. The first-order valence-corrected chi connectivity index (χ1v) is 8.83. The van der Waals surface area contributed by atoms with Crippen LogP contribution < -0.4 is 5.73 Å². The lowest BCUT2D eigenvalue weighted by Crippen LogP contribution is -2.61. The van der Waals surface area contributed by atoms with Crippen molar-refractivity contribution in [3.05, 3.63) is 0 Å². The van der Waals surface area contributed by atoms with Gasteiger partial charge in [0.25, 0.3) is 10.2 Å². The highest BCUT2D eigenvalue weighted by molar-refractivity contribution is 7.86. The van der Waals surface area contributed by atoms with Crippen molar-refractivity contribution in [2.45, 2.75) is 32.2 Å². The summed E-state index contributed by atoms with van der Waals surface area (Å²) in [6, 6.07) is 0. The summed E-state index contributed by atoms with van der Waals surface area (Å²) in [7, 11) is -1.26. The second kappa shape index (κ2) is 5.88. The lowest BCUT2D eigenvalue weighted by Gasteiger charge is -2.46. The number of hydrogen-bond donors (Lipinski definition) is 1. The Kier molecular flexibility index (Phi) is 4.76. The van der Waals surface area contributed by atoms with Gasteiger partial charge in [0, 0.05) is 38.3 Å². The van der Waals surface area contributed by atoms with Gasteiger partial charge in [0.15, 0.2) is 0 Å². The summed E-state index contributed by atoms with van der Waals surface area (Å²) in [6.07, 6.45) is 1.76. The SMILES string of the molecule is CN1CCN(S(=O)(=O)N2CCC(CN)CC2)CC1(C)C. The van der Waals surface area contributed by atoms with Gasteiger partial charge in [0.2, 0.25) is 0 Å². The Hall–Kier alpha value is -0.210. The molecule has 2 fully saturated rings. The largest absolute Gasteiger partial charge is 0.330 e. The van der Waals surface area contributed by atoms with Crippen LogP contribution in [0.1, 0.15) is 26.7 Å². The van der Waals surface area contributed by atoms with Crippen LogP contribution >= 0.6 is 0 Å². The van der Waals surface area contributed by atoms with Crippen LogP contribution in [0, 0.1) is 5.92 Å². The number of hydrogen-bond acceptors (Lipinski definition) is 4. The third kappa shape index (κ3) is 3.17. The Morgan fingerprint density at radius 3 is 2.20 bits per heavy atom. The molecule has 0 aliphatic carbocycles. The smallest absolute Gasteiger partial charge is 0.282 e. The molecular formula is C13H28N4O2S. The van der Waals surface area contributed by atoms with Crippen LogP contribution in [-0.4, -0.2) is 73.8 Å². The maximum atomic E-state index is 12.7. The number of piperazine rings is 1. The molecule has 20 heavy (non-hydrogen) atoms. The summed E-state index contributed by atoms with van der Waals surface area (Å²) in [5.74, 6) is 0.477. The molecule has 0 aromatic carbocycles. The van der Waals surface area contributed by atoms with Crippen LogP contribution in [-0.2, 0) is 10.2 Å². The van der Waals surface area contributed by atoms with Crippen molar-refractivity contribution in [2.75, 3.05) is 46.3 Å². The molecule has 118 valence electrons. The number of nitrogens with two attached hydrogens (primary N) is 1. The molecule has 2 aliphatic rings. The van der Waals surface area contributed by atoms with Gasteiger partial charge < -0.3 is 5.73 Å². The molecule has 0 aromatic heterocycles. The molecule has 0 aromatic rings. The van der Waals surface area contributed by atoms with Crippen LogP contribution in [0.2, 0.25) is 0 Å². The van der Waals surface area contributed by atoms with Gasteiger partial charge in [-0.2, -0.15) is 17.0 Å². The highest BCUT2D eigenvalue weighted by Gasteiger charge is 2.39. The normalized spacial score (nSPS) is 27.8. The molecule has 2 heterocycles. The first-order chi connectivity index (χ1) is 9.27. The predicted molar refractivity (Wildman–Crippen MR) is 80.6 cm³/mol. The summed E-state index contributed by atoms with van der Waals surface area (Å²) < 4.78 is 28.8. The molecule has 0 atom stereocenters. The fraction of sp³-hybridized carbons (Fsp3) is 1.00. The van der Waals surface area contributed by atoms with E-state index in [0.717, 1.165) is 19.4 Å². The number of rotatable bonds is 3. The lowest BCUT2D eigenvalue weighted by molar-refractivity contribution is 0.0757. The first-order valence-electron chi connectivity index (χ1n) is 7.44. The topological polar surface area (TPSA) is 69.9 Å². The fourth-order valence-electron chi connectivity index (χ4n) is 2.93. The maximum Gasteiger partial charge on any atom is 0.282 e. The highest BCUT2D eigenvalue weighted by Crippen LogP contribution is 2.25. The number of likely N-dealkylation sites (N-methyl/N-ethyl adjacent to an activating group) is 1. The van der Waals surface area contributed by atoms with Crippen molar-refractivity contribution in [3.63, 3.8) is 0 Å². The predicted octanol–water partition coefficient (Wildman–Crippen LogP) is -0.0721. The third-order valence-electron chi connectivity index (χ3n) is 4.84. The molecule has 0 radical (unpaired) electrons. The van der Waals surface area contributed by atoms with E-state index in [4.69, 9.17) is 5.73 Å². The average molecular weight is 304 g/mol. The van der Waals surface area contributed by atoms with Gasteiger partial charge in [-0.25, -0.2) is 0 Å². The second-order valence-electron chi connectivity index (χ2n) is 6.65. The van der Waals surface area contributed by atoms with E-state index in [-0.39, 0.29) is 5.54 Å². The van der Waals surface area contributed by atoms with Crippen LogP contribution in [0.5, 0.6) is 0 Å². The summed E-state index contributed by atoms with van der Waals surface area (Å²) in [5, 5.41) is 0. The van der Waals surface area contributed by atoms with Gasteiger partial charge in [0.1, 0.15) is 0 Å². The number of nitrogens with zero attached hydrogens (tertiary/aromatic N) is 3. The van der Waals surface area contributed by atoms with Crippen molar-refractivity contribution >= 4 is 10.2 Å². The van der Waals surface area contributed by atoms with Crippen molar-refractivity contribution in [1.82, 2.24) is 13.5 Å². The second-order valence-corrected chi connectivity index (χ2v) is 8.58. The van der Waals surface area contributed by atoms with E-state index in [1.165, 1.54) is 0 Å². The van der Waals surface area contributed by atoms with E-state index >= 15 is 0 Å². The molecule has 2 rings (SSSR count). The van der Waals surface area contributed by atoms with Crippen molar-refractivity contribution < 1.29 is 8.42 Å². The zero-order chi connectivity index (χ0) is 15.0. The van der Waals surface area contributed by atoms with Crippen molar-refractivity contribution in [2.24, 2.45) is 11.7 Å². The Bertz CT molecular complexity index is 430. The molecule has 2 N–H and O–H groups in total. The van der Waals surface area contributed by atoms with Gasteiger partial charge in [-0.1, -0.05) is 0 Å². The van der Waals surface area contributed by atoms with Crippen LogP contribution in [0.3, 0.4) is 0 Å². The van der Waals surface area contributed by atoms with E-state index in [0.29, 0.717) is 38.6 Å². The van der Waals surface area contributed by atoms with Crippen molar-refractivity contribution in [1.29, 1.82) is 0 Å². The van der Waals surface area contributed by atoms with Crippen LogP contribution in [0.4, 0.5) is 0 Å². The first kappa shape index (κ1) is 16.2. The summed E-state index contributed by atoms with van der Waals surface area (Å²) >= 11 is 0. The zero-order valence-corrected chi connectivity index (χ0v) is 13.7. The molecule has 2 saturated heterocycles. The minimum Gasteiger partial charge on any atom is -0.330 e. The fourth-order valence-corrected chi connectivity index (χ4v) is 4.72. The highest BCUT2D eigenvalue weighted by atomic mass is 32.2. The molecular weight excluding hydrogens is 276 g/mol. The zero-order valence-electron chi connectivity index (χ0n) is 12.9. The van der Waals surface area contributed by atoms with Gasteiger partial charge >= 0.3 is 0 Å². The molecule has 6 nitrogen and oxygen atoms in total. The van der Waals surface area contributed by atoms with E-state index in [2.05, 4.69) is 25.8 Å². The molecule has 0 spiro atoms. The van der Waals surface area contributed by atoms with Crippen LogP contribution in [0.15, 0.2) is 0 Å². The summed E-state index contributed by atoms with van der Waals surface area (Å²) in [5.41, 5.74) is 5.56. The van der Waals surface area contributed by atoms with Gasteiger partial charge in [-0.05, 0) is 46.2 Å². The summed E-state index contributed by atoms with van der Waals surface area (Å²) in [4.78, 5) is 2.22. The van der Waals surface area contributed by atoms with E-state index < -0.39 is 10.2 Å². The number of piperidine rings is 1. The van der Waals surface area contributed by atoms with Gasteiger partial charge in [-0.15, -0.1) is 0 Å². The van der Waals surface area contributed by atoms with E-state index in [9.17, 15) is 8.42 Å². The minimum atomic E-state index is -3.31. The quantitative estimate of drug-likeness (QED) is 0.792. The minimum absolute atomic E-state index is 0.110.